The number of para-hydroxylation sites is 2. The zero-order valence-corrected chi connectivity index (χ0v) is 14.1. The molecule has 0 saturated heterocycles. The Labute approximate surface area is 141 Å². The summed E-state index contributed by atoms with van der Waals surface area (Å²) in [5, 5.41) is 3.98. The molecule has 24 heavy (non-hydrogen) atoms. The summed E-state index contributed by atoms with van der Waals surface area (Å²) in [6.45, 7) is 4.25. The van der Waals surface area contributed by atoms with Crippen LogP contribution in [0.15, 0.2) is 48.5 Å². The van der Waals surface area contributed by atoms with E-state index >= 15 is 0 Å². The highest BCUT2D eigenvalue weighted by molar-refractivity contribution is 6.01. The summed E-state index contributed by atoms with van der Waals surface area (Å²) in [5.74, 6) is 0.650. The maximum Gasteiger partial charge on any atom is 0.253 e. The van der Waals surface area contributed by atoms with E-state index in [1.165, 1.54) is 0 Å². The summed E-state index contributed by atoms with van der Waals surface area (Å²) >= 11 is 0. The van der Waals surface area contributed by atoms with Gasteiger partial charge in [0.15, 0.2) is 0 Å². The van der Waals surface area contributed by atoms with Crippen LogP contribution in [0.4, 0.5) is 0 Å². The number of fused-ring (bicyclic) bond motifs is 1. The number of aryl methyl sites for hydroxylation is 2. The second-order valence-corrected chi connectivity index (χ2v) is 5.71. The molecule has 0 radical (unpaired) electrons. The molecule has 122 valence electrons. The van der Waals surface area contributed by atoms with Gasteiger partial charge in [-0.25, -0.2) is 0 Å². The summed E-state index contributed by atoms with van der Waals surface area (Å²) in [7, 11) is 1.63. The Kier molecular flexibility index (Phi) is 4.47. The average Bonchev–Trinajstić information content (AvgIpc) is 2.60. The molecule has 2 aromatic carbocycles. The monoisotopic (exact) mass is 320 g/mol. The third kappa shape index (κ3) is 2.95. The molecule has 1 amide bonds. The minimum Gasteiger partial charge on any atom is -0.496 e. The van der Waals surface area contributed by atoms with Gasteiger partial charge < -0.3 is 10.1 Å². The van der Waals surface area contributed by atoms with Gasteiger partial charge in [-0.05, 0) is 31.5 Å². The SMILES string of the molecule is COc1ccccc1CNC(=O)c1c(C)nc2ccccc2c1C. The van der Waals surface area contributed by atoms with E-state index in [1.807, 2.05) is 62.4 Å². The van der Waals surface area contributed by atoms with Crippen LogP contribution in [0.25, 0.3) is 10.9 Å². The van der Waals surface area contributed by atoms with Crippen molar-refractivity contribution in [1.29, 1.82) is 0 Å². The average molecular weight is 320 g/mol. The van der Waals surface area contributed by atoms with Crippen LogP contribution in [0.5, 0.6) is 5.75 Å². The summed E-state index contributed by atoms with van der Waals surface area (Å²) in [5.41, 5.74) is 4.19. The molecule has 0 saturated carbocycles. The molecule has 0 aliphatic heterocycles. The number of ether oxygens (including phenoxy) is 1. The first-order valence-electron chi connectivity index (χ1n) is 7.88. The van der Waals surface area contributed by atoms with E-state index < -0.39 is 0 Å². The van der Waals surface area contributed by atoms with E-state index in [4.69, 9.17) is 4.74 Å². The predicted molar refractivity (Wildman–Crippen MR) is 95.4 cm³/mol. The Morgan fingerprint density at radius 3 is 2.58 bits per heavy atom. The highest BCUT2D eigenvalue weighted by atomic mass is 16.5. The van der Waals surface area contributed by atoms with Crippen LogP contribution in [0.2, 0.25) is 0 Å². The number of methoxy groups -OCH3 is 1. The van der Waals surface area contributed by atoms with Gasteiger partial charge in [-0.2, -0.15) is 0 Å². The molecule has 3 rings (SSSR count). The largest absolute Gasteiger partial charge is 0.496 e. The van der Waals surface area contributed by atoms with E-state index in [-0.39, 0.29) is 5.91 Å². The van der Waals surface area contributed by atoms with Crippen molar-refractivity contribution >= 4 is 16.8 Å². The number of hydrogen-bond acceptors (Lipinski definition) is 3. The number of nitrogens with zero attached hydrogens (tertiary/aromatic N) is 1. The van der Waals surface area contributed by atoms with Gasteiger partial charge in [0.1, 0.15) is 5.75 Å². The number of benzene rings is 2. The van der Waals surface area contributed by atoms with E-state index in [2.05, 4.69) is 10.3 Å². The summed E-state index contributed by atoms with van der Waals surface area (Å²) in [6, 6.07) is 15.5. The number of nitrogens with one attached hydrogen (secondary N) is 1. The van der Waals surface area contributed by atoms with Crippen LogP contribution in [0.1, 0.15) is 27.2 Å². The summed E-state index contributed by atoms with van der Waals surface area (Å²) in [6.07, 6.45) is 0. The summed E-state index contributed by atoms with van der Waals surface area (Å²) in [4.78, 5) is 17.3. The molecule has 4 heteroatoms. The van der Waals surface area contributed by atoms with Crippen LogP contribution in [0.3, 0.4) is 0 Å². The van der Waals surface area contributed by atoms with Crippen molar-refractivity contribution in [2.75, 3.05) is 7.11 Å². The molecule has 0 aliphatic carbocycles. The van der Waals surface area contributed by atoms with Gasteiger partial charge in [-0.3, -0.25) is 9.78 Å². The highest BCUT2D eigenvalue weighted by Crippen LogP contribution is 2.23. The minimum atomic E-state index is -0.117. The van der Waals surface area contributed by atoms with Crippen LogP contribution < -0.4 is 10.1 Å². The van der Waals surface area contributed by atoms with E-state index in [0.29, 0.717) is 12.1 Å². The summed E-state index contributed by atoms with van der Waals surface area (Å²) < 4.78 is 5.32. The van der Waals surface area contributed by atoms with Gasteiger partial charge >= 0.3 is 0 Å². The lowest BCUT2D eigenvalue weighted by atomic mass is 10.0. The van der Waals surface area contributed by atoms with Crippen molar-refractivity contribution in [2.45, 2.75) is 20.4 Å². The van der Waals surface area contributed by atoms with Crippen LogP contribution in [-0.2, 0) is 6.54 Å². The normalized spacial score (nSPS) is 10.6. The van der Waals surface area contributed by atoms with Gasteiger partial charge in [-0.1, -0.05) is 36.4 Å². The fourth-order valence-corrected chi connectivity index (χ4v) is 2.98. The second-order valence-electron chi connectivity index (χ2n) is 5.71. The van der Waals surface area contributed by atoms with Crippen LogP contribution >= 0.6 is 0 Å². The van der Waals surface area contributed by atoms with Gasteiger partial charge in [0.05, 0.1) is 23.9 Å². The smallest absolute Gasteiger partial charge is 0.253 e. The van der Waals surface area contributed by atoms with Crippen molar-refractivity contribution < 1.29 is 9.53 Å². The number of aromatic nitrogens is 1. The molecule has 4 nitrogen and oxygen atoms in total. The van der Waals surface area contributed by atoms with Gasteiger partial charge in [0, 0.05) is 17.5 Å². The third-order valence-electron chi connectivity index (χ3n) is 4.19. The number of rotatable bonds is 4. The lowest BCUT2D eigenvalue weighted by Gasteiger charge is -2.13. The van der Waals surface area contributed by atoms with Crippen molar-refractivity contribution in [3.8, 4) is 5.75 Å². The molecule has 0 atom stereocenters. The number of carbonyl (C=O) groups excluding carboxylic acids is 1. The van der Waals surface area contributed by atoms with Crippen molar-refractivity contribution in [3.63, 3.8) is 0 Å². The number of pyridine rings is 1. The molecule has 3 aromatic rings. The number of amides is 1. The molecular formula is C20H20N2O2. The molecule has 0 aliphatic rings. The maximum atomic E-state index is 12.7. The van der Waals surface area contributed by atoms with Crippen molar-refractivity contribution in [3.05, 3.63) is 70.9 Å². The zero-order chi connectivity index (χ0) is 17.1. The quantitative estimate of drug-likeness (QED) is 0.795. The van der Waals surface area contributed by atoms with Gasteiger partial charge in [-0.15, -0.1) is 0 Å². The van der Waals surface area contributed by atoms with Crippen molar-refractivity contribution in [1.82, 2.24) is 10.3 Å². The molecule has 1 heterocycles. The van der Waals surface area contributed by atoms with E-state index in [0.717, 1.165) is 33.5 Å². The fourth-order valence-electron chi connectivity index (χ4n) is 2.98. The first-order chi connectivity index (χ1) is 11.6. The van der Waals surface area contributed by atoms with Gasteiger partial charge in [0.25, 0.3) is 5.91 Å². The lowest BCUT2D eigenvalue weighted by Crippen LogP contribution is -2.25. The highest BCUT2D eigenvalue weighted by Gasteiger charge is 2.16. The third-order valence-corrected chi connectivity index (χ3v) is 4.19. The first-order valence-corrected chi connectivity index (χ1v) is 7.88. The minimum absolute atomic E-state index is 0.117. The Morgan fingerprint density at radius 2 is 1.79 bits per heavy atom. The Hall–Kier alpha value is -2.88. The predicted octanol–water partition coefficient (Wildman–Crippen LogP) is 3.79. The molecule has 0 unspecified atom stereocenters. The lowest BCUT2D eigenvalue weighted by molar-refractivity contribution is 0.0949. The molecule has 0 fully saturated rings. The molecule has 1 N–H and O–H groups in total. The van der Waals surface area contributed by atoms with Crippen LogP contribution in [-0.4, -0.2) is 18.0 Å². The van der Waals surface area contributed by atoms with Crippen LogP contribution in [0, 0.1) is 13.8 Å². The molecule has 0 bridgehead atoms. The Balaban J connectivity index is 1.89. The van der Waals surface area contributed by atoms with E-state index in [1.54, 1.807) is 7.11 Å². The second kappa shape index (κ2) is 6.71. The molecule has 0 spiro atoms. The topological polar surface area (TPSA) is 51.2 Å². The maximum absolute atomic E-state index is 12.7. The fraction of sp³-hybridized carbons (Fsp3) is 0.200. The first kappa shape index (κ1) is 16.0. The number of carbonyl (C=O) groups is 1. The standard InChI is InChI=1S/C20H20N2O2/c1-13-16-9-5-6-10-17(16)22-14(2)19(13)20(23)21-12-15-8-4-7-11-18(15)24-3/h4-11H,12H2,1-3H3,(H,21,23). The molecule has 1 aromatic heterocycles. The molecular weight excluding hydrogens is 300 g/mol. The zero-order valence-electron chi connectivity index (χ0n) is 14.1. The van der Waals surface area contributed by atoms with Crippen molar-refractivity contribution in [2.24, 2.45) is 0 Å². The Bertz CT molecular complexity index is 903. The van der Waals surface area contributed by atoms with Gasteiger partial charge in [0.2, 0.25) is 0 Å². The Morgan fingerprint density at radius 1 is 1.08 bits per heavy atom. The van der Waals surface area contributed by atoms with E-state index in [9.17, 15) is 4.79 Å². The number of hydrogen-bond donors (Lipinski definition) is 1.